The van der Waals surface area contributed by atoms with Crippen molar-refractivity contribution >= 4 is 55.5 Å². The first kappa shape index (κ1) is 16.5. The predicted molar refractivity (Wildman–Crippen MR) is 182 cm³/mol. The van der Waals surface area contributed by atoms with E-state index in [2.05, 4.69) is 19.9 Å². The quantitative estimate of drug-likeness (QED) is 0.159. The van der Waals surface area contributed by atoms with Gasteiger partial charge in [0.25, 0.3) is 0 Å². The van der Waals surface area contributed by atoms with E-state index in [1.807, 2.05) is 0 Å². The molecule has 0 bridgehead atoms. The highest BCUT2D eigenvalue weighted by Crippen LogP contribution is 2.31. The molecule has 0 spiro atoms. The average molecular weight is 648 g/mol. The number of nitrogen functional groups attached to an aromatic ring is 2. The van der Waals surface area contributed by atoms with Gasteiger partial charge < -0.3 is 40.3 Å². The van der Waals surface area contributed by atoms with Gasteiger partial charge in [0, 0.05) is 36.3 Å². The Morgan fingerprint density at radius 2 is 1.26 bits per heavy atom. The Labute approximate surface area is 294 Å². The number of hydrogen-bond donors (Lipinski definition) is 4. The molecule has 0 atom stereocenters. The molecule has 6 aromatic rings. The molecule has 0 saturated heterocycles. The third-order valence-electron chi connectivity index (χ3n) is 6.49. The normalized spacial score (nSPS) is 19.5. The third kappa shape index (κ3) is 7.05. The summed E-state index contributed by atoms with van der Waals surface area (Å²) in [6, 6.07) is -3.90. The first-order chi connectivity index (χ1) is 29.5. The number of nitrogens with zero attached hydrogens (tertiary/aromatic N) is 6. The Morgan fingerprint density at radius 3 is 1.72 bits per heavy atom. The van der Waals surface area contributed by atoms with Gasteiger partial charge in [0.2, 0.25) is 0 Å². The number of imidazole rings is 2. The second kappa shape index (κ2) is 13.2. The van der Waals surface area contributed by atoms with Gasteiger partial charge in [-0.15, -0.1) is 0 Å². The van der Waals surface area contributed by atoms with E-state index in [1.54, 1.807) is 6.92 Å². The molecule has 6 rings (SSSR count). The molecule has 0 unspecified atom stereocenters. The highest BCUT2D eigenvalue weighted by Gasteiger charge is 2.24. The van der Waals surface area contributed by atoms with Gasteiger partial charge in [-0.25, -0.2) is 19.9 Å². The molecule has 0 fully saturated rings. The average Bonchev–Trinajstić information content (AvgIpc) is 3.72. The minimum atomic E-state index is -3.34. The summed E-state index contributed by atoms with van der Waals surface area (Å²) in [7, 11) is 0. The monoisotopic (exact) mass is 647 g/mol. The van der Waals surface area contributed by atoms with E-state index in [0.29, 0.717) is 0 Å². The Kier molecular flexibility index (Phi) is 4.71. The van der Waals surface area contributed by atoms with Crippen LogP contribution < -0.4 is 11.5 Å². The van der Waals surface area contributed by atoms with Crippen molar-refractivity contribution < 1.29 is 45.7 Å². The van der Waals surface area contributed by atoms with Crippen molar-refractivity contribution in [1.82, 2.24) is 29.1 Å². The highest BCUT2D eigenvalue weighted by atomic mass is 16.5. The number of rotatable bonds is 10. The molecule has 46 heavy (non-hydrogen) atoms. The molecule has 0 aliphatic heterocycles. The van der Waals surface area contributed by atoms with Crippen LogP contribution in [-0.4, -0.2) is 63.7 Å². The van der Waals surface area contributed by atoms with Crippen LogP contribution in [0.4, 0.5) is 11.6 Å². The zero-order chi connectivity index (χ0) is 49.5. The van der Waals surface area contributed by atoms with Crippen LogP contribution in [0.2, 0.25) is 0 Å². The predicted octanol–water partition coefficient (Wildman–Crippen LogP) is 4.95. The topological polar surface area (TPSA) is 172 Å². The number of fused-ring (bicyclic) bond motifs is 6. The maximum atomic E-state index is 10.9. The number of hydrogen-bond acceptors (Lipinski definition) is 10. The molecular weight excluding hydrogens is 584 g/mol. The van der Waals surface area contributed by atoms with Crippen LogP contribution in [0.25, 0.3) is 43.9 Å². The van der Waals surface area contributed by atoms with Gasteiger partial charge in [0.05, 0.1) is 60.1 Å². The van der Waals surface area contributed by atoms with Crippen LogP contribution in [0.1, 0.15) is 79.0 Å². The van der Waals surface area contributed by atoms with E-state index >= 15 is 0 Å². The molecule has 0 amide bonds. The van der Waals surface area contributed by atoms with Crippen molar-refractivity contribution in [2.45, 2.75) is 78.8 Å². The minimum absolute atomic E-state index is 0.00339. The summed E-state index contributed by atoms with van der Waals surface area (Å²) >= 11 is 0. The lowest BCUT2D eigenvalue weighted by molar-refractivity contribution is 0.0576. The number of benzene rings is 2. The van der Waals surface area contributed by atoms with Crippen molar-refractivity contribution in [2.75, 3.05) is 24.6 Å². The number of pyridine rings is 2. The Balaban J connectivity index is 0.000000244. The number of aliphatic hydroxyl groups is 2. The molecule has 6 N–H and O–H groups in total. The standard InChI is InChI=1S/2C17H22N4O2/c2*1-4-23-9-13-20-14-15(21(13)10-17(2,3)22)11-7-5-6-8-12(11)19-16(14)18/h2*5-8,22H,4,9-10H2,1-3H3,(H2,18,19)/i2D3,3D3,5D,6D,7D,8D;1D3,4D2,5D,6D,7D,8D. The van der Waals surface area contributed by atoms with Gasteiger partial charge in [0.15, 0.2) is 11.6 Å². The minimum Gasteiger partial charge on any atom is -0.389 e. The van der Waals surface area contributed by atoms with Gasteiger partial charge in [-0.05, 0) is 53.4 Å². The van der Waals surface area contributed by atoms with Crippen molar-refractivity contribution in [1.29, 1.82) is 0 Å². The summed E-state index contributed by atoms with van der Waals surface area (Å²) in [5.74, 6) is -0.353. The molecule has 12 nitrogen and oxygen atoms in total. The molecule has 4 aromatic heterocycles. The highest BCUT2D eigenvalue weighted by molar-refractivity contribution is 6.07. The van der Waals surface area contributed by atoms with Crippen LogP contribution in [0.5, 0.6) is 0 Å². The fourth-order valence-electron chi connectivity index (χ4n) is 4.80. The maximum absolute atomic E-state index is 10.9. The largest absolute Gasteiger partial charge is 0.389 e. The Bertz CT molecular complexity index is 2820. The molecular formula is C34H44N8O4. The maximum Gasteiger partial charge on any atom is 0.152 e. The number of para-hydroxylation sites is 2. The first-order valence-electron chi connectivity index (χ1n) is 23.3. The molecule has 0 saturated carbocycles. The molecule has 2 aromatic carbocycles. The fraction of sp³-hybridized carbons (Fsp3) is 0.412. The van der Waals surface area contributed by atoms with E-state index in [-0.39, 0.29) is 93.0 Å². The van der Waals surface area contributed by atoms with Crippen LogP contribution in [-0.2, 0) is 35.8 Å². The van der Waals surface area contributed by atoms with Gasteiger partial charge in [-0.2, -0.15) is 0 Å². The molecule has 244 valence electrons. The first-order valence-corrected chi connectivity index (χ1v) is 13.8. The zero-order valence-electron chi connectivity index (χ0n) is 44.1. The van der Waals surface area contributed by atoms with Crippen LogP contribution in [0.15, 0.2) is 48.3 Å². The van der Waals surface area contributed by atoms with Crippen molar-refractivity contribution in [3.8, 4) is 0 Å². The van der Waals surface area contributed by atoms with Crippen molar-refractivity contribution in [3.05, 3.63) is 60.0 Å². The summed E-state index contributed by atoms with van der Waals surface area (Å²) in [5, 5.41) is 21.2. The molecule has 0 aliphatic rings. The second-order valence-electron chi connectivity index (χ2n) is 10.8. The van der Waals surface area contributed by atoms with Crippen molar-refractivity contribution in [3.63, 3.8) is 0 Å². The number of aromatic nitrogens is 6. The van der Waals surface area contributed by atoms with Crippen molar-refractivity contribution in [2.24, 2.45) is 0 Å². The number of ether oxygens (including phenoxy) is 2. The second-order valence-corrected chi connectivity index (χ2v) is 10.8. The molecule has 0 radical (unpaired) electrons. The molecule has 12 heteroatoms. The fourth-order valence-corrected chi connectivity index (χ4v) is 4.80. The summed E-state index contributed by atoms with van der Waals surface area (Å²) < 4.78 is 161. The smallest absolute Gasteiger partial charge is 0.152 e. The molecule has 0 aliphatic carbocycles. The van der Waals surface area contributed by atoms with Gasteiger partial charge in [-0.3, -0.25) is 0 Å². The SMILES string of the molecule is [2H]c1c([2H])c([2H])c2c(nc(N)c3nc(COC([2H])([2H])C([2H])([2H])[2H])n(CC(C)(C)O)c32)c1[2H].[2H]c1c([2H])c([2H])c2c(nc(N)c3nc(COCC)n(CC(O)(C([2H])([2H])[2H])C([2H])([2H])[2H])c32)c1[2H]. The van der Waals surface area contributed by atoms with E-state index in [1.165, 1.54) is 18.4 Å². The summed E-state index contributed by atoms with van der Waals surface area (Å²) in [4.78, 5) is 16.7. The lowest BCUT2D eigenvalue weighted by atomic mass is 10.1. The summed E-state index contributed by atoms with van der Waals surface area (Å²) in [6.07, 6.45) is 0. The van der Waals surface area contributed by atoms with E-state index in [4.69, 9.17) is 47.0 Å². The van der Waals surface area contributed by atoms with E-state index < -0.39 is 93.8 Å². The van der Waals surface area contributed by atoms with Crippen LogP contribution in [0, 0.1) is 0 Å². The van der Waals surface area contributed by atoms with Crippen LogP contribution in [0.3, 0.4) is 0 Å². The Hall–Kier alpha value is -4.36. The number of anilines is 2. The third-order valence-corrected chi connectivity index (χ3v) is 6.49. The zero-order valence-corrected chi connectivity index (χ0v) is 25.1. The van der Waals surface area contributed by atoms with E-state index in [0.717, 1.165) is 4.57 Å². The summed E-state index contributed by atoms with van der Waals surface area (Å²) in [6.45, 7) is -9.78. The Morgan fingerprint density at radius 1 is 0.783 bits per heavy atom. The number of nitrogens with two attached hydrogens (primary N) is 2. The van der Waals surface area contributed by atoms with Gasteiger partial charge >= 0.3 is 0 Å². The lowest BCUT2D eigenvalue weighted by Gasteiger charge is -2.20. The van der Waals surface area contributed by atoms with Gasteiger partial charge in [0.1, 0.15) is 35.9 Å². The summed E-state index contributed by atoms with van der Waals surface area (Å²) in [5.41, 5.74) is 7.26. The van der Waals surface area contributed by atoms with Crippen LogP contribution >= 0.6 is 0 Å². The van der Waals surface area contributed by atoms with E-state index in [9.17, 15) is 10.2 Å². The van der Waals surface area contributed by atoms with Gasteiger partial charge in [-0.1, -0.05) is 36.3 Å². The molecule has 4 heterocycles. The lowest BCUT2D eigenvalue weighted by Crippen LogP contribution is -2.27.